The molecule has 1 saturated heterocycles. The number of anilines is 1. The first-order valence-electron chi connectivity index (χ1n) is 7.02. The number of nitrogens with one attached hydrogen (secondary N) is 1. The van der Waals surface area contributed by atoms with E-state index in [0.717, 1.165) is 24.2 Å². The van der Waals surface area contributed by atoms with E-state index in [1.165, 1.54) is 0 Å². The van der Waals surface area contributed by atoms with Gasteiger partial charge in [0.15, 0.2) is 0 Å². The highest BCUT2D eigenvalue weighted by Gasteiger charge is 2.33. The van der Waals surface area contributed by atoms with Crippen LogP contribution in [0.5, 0.6) is 0 Å². The predicted octanol–water partition coefficient (Wildman–Crippen LogP) is 0.886. The number of rotatable bonds is 1. The van der Waals surface area contributed by atoms with Crippen molar-refractivity contribution in [1.29, 1.82) is 0 Å². The van der Waals surface area contributed by atoms with Crippen molar-refractivity contribution in [2.75, 3.05) is 38.5 Å². The SMILES string of the molecule is CN1CCN(C(=O)C2CCNc3ccccc32)CC1=O. The molecule has 3 rings (SSSR count). The molecule has 1 unspecified atom stereocenters. The number of para-hydroxylation sites is 1. The third-order valence-corrected chi connectivity index (χ3v) is 4.15. The highest BCUT2D eigenvalue weighted by molar-refractivity contribution is 5.90. The molecule has 0 aromatic heterocycles. The fraction of sp³-hybridized carbons (Fsp3) is 0.467. The average molecular weight is 273 g/mol. The number of likely N-dealkylation sites (N-methyl/N-ethyl adjacent to an activating group) is 1. The summed E-state index contributed by atoms with van der Waals surface area (Å²) in [4.78, 5) is 27.8. The topological polar surface area (TPSA) is 52.6 Å². The van der Waals surface area contributed by atoms with Gasteiger partial charge in [-0.3, -0.25) is 9.59 Å². The van der Waals surface area contributed by atoms with Gasteiger partial charge in [-0.25, -0.2) is 0 Å². The summed E-state index contributed by atoms with van der Waals surface area (Å²) < 4.78 is 0. The third-order valence-electron chi connectivity index (χ3n) is 4.15. The lowest BCUT2D eigenvalue weighted by Crippen LogP contribution is -2.52. The second kappa shape index (κ2) is 5.15. The van der Waals surface area contributed by atoms with Gasteiger partial charge in [-0.1, -0.05) is 18.2 Å². The Labute approximate surface area is 118 Å². The van der Waals surface area contributed by atoms with E-state index in [1.807, 2.05) is 24.3 Å². The fourth-order valence-electron chi connectivity index (χ4n) is 2.89. The highest BCUT2D eigenvalue weighted by Crippen LogP contribution is 2.32. The zero-order chi connectivity index (χ0) is 14.1. The number of carbonyl (C=O) groups excluding carboxylic acids is 2. The van der Waals surface area contributed by atoms with Crippen molar-refractivity contribution in [2.45, 2.75) is 12.3 Å². The van der Waals surface area contributed by atoms with E-state index < -0.39 is 0 Å². The van der Waals surface area contributed by atoms with Gasteiger partial charge in [0.1, 0.15) is 0 Å². The molecule has 0 spiro atoms. The van der Waals surface area contributed by atoms with Gasteiger partial charge in [-0.2, -0.15) is 0 Å². The standard InChI is InChI=1S/C15H19N3O2/c1-17-8-9-18(10-14(17)19)15(20)12-6-7-16-13-5-3-2-4-11(12)13/h2-5,12,16H,6-10H2,1H3. The number of amides is 2. The monoisotopic (exact) mass is 273 g/mol. The Morgan fingerprint density at radius 1 is 1.30 bits per heavy atom. The molecule has 2 heterocycles. The first-order chi connectivity index (χ1) is 9.66. The van der Waals surface area contributed by atoms with Crippen LogP contribution in [0.15, 0.2) is 24.3 Å². The van der Waals surface area contributed by atoms with Crippen molar-refractivity contribution in [3.05, 3.63) is 29.8 Å². The summed E-state index contributed by atoms with van der Waals surface area (Å²) in [7, 11) is 1.78. The van der Waals surface area contributed by atoms with Crippen LogP contribution in [0, 0.1) is 0 Å². The summed E-state index contributed by atoms with van der Waals surface area (Å²) in [5.41, 5.74) is 2.09. The van der Waals surface area contributed by atoms with E-state index in [-0.39, 0.29) is 24.3 Å². The zero-order valence-corrected chi connectivity index (χ0v) is 11.6. The van der Waals surface area contributed by atoms with E-state index >= 15 is 0 Å². The molecule has 2 aliphatic rings. The lowest BCUT2D eigenvalue weighted by Gasteiger charge is -2.35. The van der Waals surface area contributed by atoms with E-state index in [1.54, 1.807) is 16.8 Å². The van der Waals surface area contributed by atoms with E-state index in [0.29, 0.717) is 13.1 Å². The number of fused-ring (bicyclic) bond motifs is 1. The number of nitrogens with zero attached hydrogens (tertiary/aromatic N) is 2. The minimum Gasteiger partial charge on any atom is -0.385 e. The van der Waals surface area contributed by atoms with Crippen molar-refractivity contribution < 1.29 is 9.59 Å². The summed E-state index contributed by atoms with van der Waals surface area (Å²) in [5, 5.41) is 3.32. The van der Waals surface area contributed by atoms with Crippen LogP contribution in [0.2, 0.25) is 0 Å². The molecule has 1 aromatic carbocycles. The van der Waals surface area contributed by atoms with Gasteiger partial charge in [-0.15, -0.1) is 0 Å². The first kappa shape index (κ1) is 13.0. The summed E-state index contributed by atoms with van der Waals surface area (Å²) in [6.07, 6.45) is 0.788. The van der Waals surface area contributed by atoms with Gasteiger partial charge >= 0.3 is 0 Å². The molecule has 1 atom stereocenters. The van der Waals surface area contributed by atoms with Crippen LogP contribution in [0.4, 0.5) is 5.69 Å². The molecule has 2 aliphatic heterocycles. The molecule has 2 amide bonds. The Bertz CT molecular complexity index is 544. The predicted molar refractivity (Wildman–Crippen MR) is 76.5 cm³/mol. The van der Waals surface area contributed by atoms with Gasteiger partial charge in [0, 0.05) is 32.4 Å². The maximum Gasteiger partial charge on any atom is 0.241 e. The molecule has 1 fully saturated rings. The average Bonchev–Trinajstić information content (AvgIpc) is 2.49. The fourth-order valence-corrected chi connectivity index (χ4v) is 2.89. The van der Waals surface area contributed by atoms with Crippen LogP contribution in [-0.2, 0) is 9.59 Å². The van der Waals surface area contributed by atoms with Crippen LogP contribution < -0.4 is 5.32 Å². The van der Waals surface area contributed by atoms with Crippen LogP contribution in [-0.4, -0.2) is 54.8 Å². The van der Waals surface area contributed by atoms with Crippen LogP contribution in [0.1, 0.15) is 17.9 Å². The van der Waals surface area contributed by atoms with Crippen molar-refractivity contribution in [1.82, 2.24) is 9.80 Å². The Morgan fingerprint density at radius 2 is 2.10 bits per heavy atom. The second-order valence-electron chi connectivity index (χ2n) is 5.43. The van der Waals surface area contributed by atoms with Crippen LogP contribution in [0.3, 0.4) is 0 Å². The minimum absolute atomic E-state index is 0.0202. The van der Waals surface area contributed by atoms with Gasteiger partial charge in [0.2, 0.25) is 11.8 Å². The Hall–Kier alpha value is -2.04. The second-order valence-corrected chi connectivity index (χ2v) is 5.43. The lowest BCUT2D eigenvalue weighted by atomic mass is 9.89. The highest BCUT2D eigenvalue weighted by atomic mass is 16.2. The summed E-state index contributed by atoms with van der Waals surface area (Å²) >= 11 is 0. The van der Waals surface area contributed by atoms with Gasteiger partial charge in [0.05, 0.1) is 12.5 Å². The summed E-state index contributed by atoms with van der Waals surface area (Å²) in [6, 6.07) is 7.94. The summed E-state index contributed by atoms with van der Waals surface area (Å²) in [6.45, 7) is 2.26. The van der Waals surface area contributed by atoms with E-state index in [2.05, 4.69) is 5.32 Å². The molecule has 0 radical (unpaired) electrons. The molecule has 1 N–H and O–H groups in total. The molecule has 0 aliphatic carbocycles. The third kappa shape index (κ3) is 2.24. The van der Waals surface area contributed by atoms with Crippen LogP contribution >= 0.6 is 0 Å². The first-order valence-corrected chi connectivity index (χ1v) is 7.02. The number of piperazine rings is 1. The molecule has 5 nitrogen and oxygen atoms in total. The van der Waals surface area contributed by atoms with Crippen LogP contribution in [0.25, 0.3) is 0 Å². The molecule has 5 heteroatoms. The quantitative estimate of drug-likeness (QED) is 0.826. The van der Waals surface area contributed by atoms with E-state index in [4.69, 9.17) is 0 Å². The molecule has 0 bridgehead atoms. The Morgan fingerprint density at radius 3 is 2.90 bits per heavy atom. The van der Waals surface area contributed by atoms with Crippen molar-refractivity contribution in [3.63, 3.8) is 0 Å². The largest absolute Gasteiger partial charge is 0.385 e. The maximum atomic E-state index is 12.7. The minimum atomic E-state index is -0.122. The zero-order valence-electron chi connectivity index (χ0n) is 11.6. The van der Waals surface area contributed by atoms with Gasteiger partial charge < -0.3 is 15.1 Å². The number of carbonyl (C=O) groups is 2. The Balaban J connectivity index is 1.80. The number of hydrogen-bond donors (Lipinski definition) is 1. The summed E-state index contributed by atoms with van der Waals surface area (Å²) in [5.74, 6) is -0.0177. The molecular formula is C15H19N3O2. The normalized spacial score (nSPS) is 22.2. The van der Waals surface area contributed by atoms with E-state index in [9.17, 15) is 9.59 Å². The molecular weight excluding hydrogens is 254 g/mol. The Kier molecular flexibility index (Phi) is 3.34. The van der Waals surface area contributed by atoms with Crippen molar-refractivity contribution >= 4 is 17.5 Å². The maximum absolute atomic E-state index is 12.7. The smallest absolute Gasteiger partial charge is 0.241 e. The molecule has 1 aromatic rings. The number of benzene rings is 1. The molecule has 20 heavy (non-hydrogen) atoms. The van der Waals surface area contributed by atoms with Crippen molar-refractivity contribution in [3.8, 4) is 0 Å². The van der Waals surface area contributed by atoms with Gasteiger partial charge in [-0.05, 0) is 18.1 Å². The molecule has 0 saturated carbocycles. The molecule has 106 valence electrons. The van der Waals surface area contributed by atoms with Crippen molar-refractivity contribution in [2.24, 2.45) is 0 Å². The van der Waals surface area contributed by atoms with Gasteiger partial charge in [0.25, 0.3) is 0 Å². The number of hydrogen-bond acceptors (Lipinski definition) is 3. The lowest BCUT2D eigenvalue weighted by molar-refractivity contribution is -0.145.